The number of benzene rings is 1. The molecule has 1 atom stereocenters. The van der Waals surface area contributed by atoms with Crippen LogP contribution in [0.4, 0.5) is 0 Å². The second kappa shape index (κ2) is 8.04. The van der Waals surface area contributed by atoms with Gasteiger partial charge in [-0.3, -0.25) is 4.79 Å². The Bertz CT molecular complexity index is 423. The third kappa shape index (κ3) is 5.11. The molecule has 1 aromatic rings. The maximum Gasteiger partial charge on any atom is 0.260 e. The Kier molecular flexibility index (Phi) is 6.70. The summed E-state index contributed by atoms with van der Waals surface area (Å²) < 4.78 is 11.5. The van der Waals surface area contributed by atoms with Gasteiger partial charge >= 0.3 is 0 Å². The van der Waals surface area contributed by atoms with Gasteiger partial charge in [0.1, 0.15) is 11.5 Å². The van der Waals surface area contributed by atoms with E-state index in [0.29, 0.717) is 12.3 Å². The predicted molar refractivity (Wildman–Crippen MR) is 78.7 cm³/mol. The van der Waals surface area contributed by atoms with E-state index < -0.39 is 6.10 Å². The van der Waals surface area contributed by atoms with E-state index >= 15 is 0 Å². The highest BCUT2D eigenvalue weighted by Crippen LogP contribution is 2.29. The van der Waals surface area contributed by atoms with Crippen molar-refractivity contribution in [1.29, 1.82) is 0 Å². The minimum Gasteiger partial charge on any atom is -0.497 e. The fourth-order valence-corrected chi connectivity index (χ4v) is 1.93. The van der Waals surface area contributed by atoms with E-state index in [9.17, 15) is 4.79 Å². The highest BCUT2D eigenvalue weighted by molar-refractivity contribution is 9.10. The molecule has 0 aromatic heterocycles. The lowest BCUT2D eigenvalue weighted by atomic mass is 10.3. The quantitative estimate of drug-likeness (QED) is 0.782. The first kappa shape index (κ1) is 15.8. The number of ether oxygens (including phenoxy) is 2. The Balaban J connectivity index is 2.56. The summed E-state index contributed by atoms with van der Waals surface area (Å²) in [6.07, 6.45) is 1.51. The van der Waals surface area contributed by atoms with Gasteiger partial charge in [-0.15, -0.1) is 0 Å². The maximum absolute atomic E-state index is 11.8. The third-order valence-electron chi connectivity index (χ3n) is 2.64. The highest BCUT2D eigenvalue weighted by Gasteiger charge is 2.15. The summed E-state index contributed by atoms with van der Waals surface area (Å²) in [6, 6.07) is 5.37. The molecule has 1 aromatic carbocycles. The number of hydrogen-bond donors (Lipinski definition) is 1. The zero-order valence-electron chi connectivity index (χ0n) is 11.5. The number of amides is 1. The summed E-state index contributed by atoms with van der Waals surface area (Å²) in [5, 5.41) is 2.84. The molecule has 0 saturated carbocycles. The molecule has 0 aliphatic carbocycles. The first-order valence-corrected chi connectivity index (χ1v) is 7.15. The molecule has 1 N–H and O–H groups in total. The first-order chi connectivity index (χ1) is 9.08. The minimum atomic E-state index is -0.526. The van der Waals surface area contributed by atoms with Crippen LogP contribution in [0.5, 0.6) is 11.5 Å². The van der Waals surface area contributed by atoms with E-state index in [-0.39, 0.29) is 5.91 Å². The average Bonchev–Trinajstić information content (AvgIpc) is 2.41. The van der Waals surface area contributed by atoms with Crippen LogP contribution in [0.25, 0.3) is 0 Å². The zero-order chi connectivity index (χ0) is 14.3. The molecule has 0 radical (unpaired) electrons. The van der Waals surface area contributed by atoms with Gasteiger partial charge in [-0.05, 0) is 47.5 Å². The van der Waals surface area contributed by atoms with E-state index in [0.717, 1.165) is 23.1 Å². The number of carbonyl (C=O) groups is 1. The van der Waals surface area contributed by atoms with Gasteiger partial charge < -0.3 is 14.8 Å². The van der Waals surface area contributed by atoms with Crippen molar-refractivity contribution in [3.05, 3.63) is 22.7 Å². The molecule has 0 bridgehead atoms. The second-order valence-corrected chi connectivity index (χ2v) is 5.06. The number of nitrogens with one attached hydrogen (secondary N) is 1. The Morgan fingerprint density at radius 1 is 1.47 bits per heavy atom. The Hall–Kier alpha value is -1.23. The largest absolute Gasteiger partial charge is 0.497 e. The van der Waals surface area contributed by atoms with E-state index in [1.54, 1.807) is 32.2 Å². The molecular weight excluding hydrogens is 310 g/mol. The van der Waals surface area contributed by atoms with Crippen molar-refractivity contribution in [2.45, 2.75) is 32.8 Å². The molecule has 0 aliphatic rings. The molecule has 0 aliphatic heterocycles. The molecule has 0 saturated heterocycles. The predicted octanol–water partition coefficient (Wildman–Crippen LogP) is 3.14. The zero-order valence-corrected chi connectivity index (χ0v) is 13.1. The number of rotatable bonds is 7. The lowest BCUT2D eigenvalue weighted by Gasteiger charge is -2.16. The Labute approximate surface area is 122 Å². The van der Waals surface area contributed by atoms with Gasteiger partial charge in [0.25, 0.3) is 5.91 Å². The normalized spacial score (nSPS) is 11.8. The monoisotopic (exact) mass is 329 g/mol. The smallest absolute Gasteiger partial charge is 0.260 e. The first-order valence-electron chi connectivity index (χ1n) is 6.36. The standard InChI is InChI=1S/C14H20BrNO3/c1-4-5-8-16-14(17)10(2)19-13-7-6-11(18-3)9-12(13)15/h6-7,9-10H,4-5,8H2,1-3H3,(H,16,17). The fraction of sp³-hybridized carbons (Fsp3) is 0.500. The summed E-state index contributed by atoms with van der Waals surface area (Å²) in [4.78, 5) is 11.8. The van der Waals surface area contributed by atoms with Crippen LogP contribution in [0.1, 0.15) is 26.7 Å². The van der Waals surface area contributed by atoms with Gasteiger partial charge in [0, 0.05) is 6.54 Å². The second-order valence-electron chi connectivity index (χ2n) is 4.20. The molecule has 0 heterocycles. The van der Waals surface area contributed by atoms with Crippen molar-refractivity contribution in [2.75, 3.05) is 13.7 Å². The van der Waals surface area contributed by atoms with Crippen LogP contribution in [0, 0.1) is 0 Å². The summed E-state index contributed by atoms with van der Waals surface area (Å²) in [7, 11) is 1.60. The van der Waals surface area contributed by atoms with E-state index in [2.05, 4.69) is 28.2 Å². The molecular formula is C14H20BrNO3. The van der Waals surface area contributed by atoms with Gasteiger partial charge in [-0.2, -0.15) is 0 Å². The van der Waals surface area contributed by atoms with Crippen molar-refractivity contribution >= 4 is 21.8 Å². The van der Waals surface area contributed by atoms with Crippen LogP contribution in [-0.2, 0) is 4.79 Å². The van der Waals surface area contributed by atoms with Crippen LogP contribution < -0.4 is 14.8 Å². The summed E-state index contributed by atoms with van der Waals surface area (Å²) >= 11 is 3.39. The van der Waals surface area contributed by atoms with Crippen molar-refractivity contribution in [3.63, 3.8) is 0 Å². The summed E-state index contributed by atoms with van der Waals surface area (Å²) in [5.74, 6) is 1.26. The number of halogens is 1. The highest BCUT2D eigenvalue weighted by atomic mass is 79.9. The molecule has 0 fully saturated rings. The number of hydrogen-bond acceptors (Lipinski definition) is 3. The lowest BCUT2D eigenvalue weighted by Crippen LogP contribution is -2.36. The van der Waals surface area contributed by atoms with Crippen molar-refractivity contribution in [1.82, 2.24) is 5.32 Å². The number of carbonyl (C=O) groups excluding carboxylic acids is 1. The van der Waals surface area contributed by atoms with Crippen molar-refractivity contribution in [3.8, 4) is 11.5 Å². The molecule has 1 rings (SSSR count). The molecule has 19 heavy (non-hydrogen) atoms. The fourth-order valence-electron chi connectivity index (χ4n) is 1.48. The van der Waals surface area contributed by atoms with Crippen LogP contribution in [-0.4, -0.2) is 25.7 Å². The van der Waals surface area contributed by atoms with Crippen LogP contribution >= 0.6 is 15.9 Å². The topological polar surface area (TPSA) is 47.6 Å². The van der Waals surface area contributed by atoms with Gasteiger partial charge in [-0.25, -0.2) is 0 Å². The van der Waals surface area contributed by atoms with Gasteiger partial charge in [0.05, 0.1) is 11.6 Å². The number of unbranched alkanes of at least 4 members (excludes halogenated alkanes) is 1. The van der Waals surface area contributed by atoms with Crippen LogP contribution in [0.2, 0.25) is 0 Å². The minimum absolute atomic E-state index is 0.101. The van der Waals surface area contributed by atoms with Crippen molar-refractivity contribution in [2.24, 2.45) is 0 Å². The van der Waals surface area contributed by atoms with Gasteiger partial charge in [-0.1, -0.05) is 13.3 Å². The molecule has 5 heteroatoms. The van der Waals surface area contributed by atoms with E-state index in [1.807, 2.05) is 0 Å². The summed E-state index contributed by atoms with van der Waals surface area (Å²) in [6.45, 7) is 4.51. The third-order valence-corrected chi connectivity index (χ3v) is 3.26. The van der Waals surface area contributed by atoms with Crippen molar-refractivity contribution < 1.29 is 14.3 Å². The number of methoxy groups -OCH3 is 1. The van der Waals surface area contributed by atoms with E-state index in [4.69, 9.17) is 9.47 Å². The average molecular weight is 330 g/mol. The SMILES string of the molecule is CCCCNC(=O)C(C)Oc1ccc(OC)cc1Br. The summed E-state index contributed by atoms with van der Waals surface area (Å²) in [5.41, 5.74) is 0. The van der Waals surface area contributed by atoms with Gasteiger partial charge in [0.2, 0.25) is 0 Å². The van der Waals surface area contributed by atoms with Crippen LogP contribution in [0.3, 0.4) is 0 Å². The van der Waals surface area contributed by atoms with Gasteiger partial charge in [0.15, 0.2) is 6.10 Å². The molecule has 106 valence electrons. The Morgan fingerprint density at radius 3 is 2.79 bits per heavy atom. The molecule has 4 nitrogen and oxygen atoms in total. The Morgan fingerprint density at radius 2 is 2.21 bits per heavy atom. The van der Waals surface area contributed by atoms with Crippen LogP contribution in [0.15, 0.2) is 22.7 Å². The maximum atomic E-state index is 11.8. The van der Waals surface area contributed by atoms with E-state index in [1.165, 1.54) is 0 Å². The molecule has 1 amide bonds. The molecule has 0 spiro atoms. The molecule has 1 unspecified atom stereocenters. The lowest BCUT2D eigenvalue weighted by molar-refractivity contribution is -0.127.